The largest absolute Gasteiger partial charge is 0.353 e. The van der Waals surface area contributed by atoms with Crippen LogP contribution in [0.5, 0.6) is 0 Å². The number of nitrogens with zero attached hydrogens (tertiary/aromatic N) is 1. The fourth-order valence-electron chi connectivity index (χ4n) is 2.52. The molecule has 5 heteroatoms. The second-order valence-electron chi connectivity index (χ2n) is 4.86. The Morgan fingerprint density at radius 2 is 2.15 bits per heavy atom. The summed E-state index contributed by atoms with van der Waals surface area (Å²) in [5.41, 5.74) is 2.88. The van der Waals surface area contributed by atoms with Crippen molar-refractivity contribution in [1.29, 1.82) is 0 Å². The number of aromatic nitrogens is 2. The molecule has 0 aliphatic carbocycles. The van der Waals surface area contributed by atoms with Crippen molar-refractivity contribution in [3.05, 3.63) is 40.6 Å². The quantitative estimate of drug-likeness (QED) is 0.752. The molecule has 2 heterocycles. The number of pyridine rings is 1. The average molecular weight is 332 g/mol. The molecule has 0 spiro atoms. The van der Waals surface area contributed by atoms with E-state index in [2.05, 4.69) is 37.3 Å². The van der Waals surface area contributed by atoms with Gasteiger partial charge in [0.2, 0.25) is 5.91 Å². The van der Waals surface area contributed by atoms with Gasteiger partial charge in [0.25, 0.3) is 0 Å². The van der Waals surface area contributed by atoms with Crippen LogP contribution in [0, 0.1) is 0 Å². The van der Waals surface area contributed by atoms with E-state index < -0.39 is 0 Å². The third-order valence-electron chi connectivity index (χ3n) is 3.34. The molecule has 20 heavy (non-hydrogen) atoms. The fourth-order valence-corrected chi connectivity index (χ4v) is 2.89. The maximum absolute atomic E-state index is 11.2. The maximum atomic E-state index is 11.2. The minimum atomic E-state index is -0.132. The smallest absolute Gasteiger partial charge is 0.217 e. The van der Waals surface area contributed by atoms with E-state index in [-0.39, 0.29) is 11.9 Å². The lowest BCUT2D eigenvalue weighted by Gasteiger charge is -2.12. The van der Waals surface area contributed by atoms with Gasteiger partial charge in [-0.15, -0.1) is 0 Å². The van der Waals surface area contributed by atoms with Crippen molar-refractivity contribution in [2.45, 2.75) is 19.9 Å². The van der Waals surface area contributed by atoms with Gasteiger partial charge in [0.05, 0.1) is 17.3 Å². The Bertz CT molecular complexity index is 809. The highest BCUT2D eigenvalue weighted by atomic mass is 79.9. The molecule has 2 N–H and O–H groups in total. The topological polar surface area (TPSA) is 57.8 Å². The Morgan fingerprint density at radius 1 is 1.35 bits per heavy atom. The molecule has 1 aromatic carbocycles. The van der Waals surface area contributed by atoms with E-state index in [4.69, 9.17) is 0 Å². The number of aromatic amines is 1. The first kappa shape index (κ1) is 13.1. The Kier molecular flexibility index (Phi) is 3.22. The molecular formula is C15H14BrN3O. The molecule has 4 nitrogen and oxygen atoms in total. The second kappa shape index (κ2) is 4.90. The molecule has 0 saturated heterocycles. The summed E-state index contributed by atoms with van der Waals surface area (Å²) < 4.78 is 1.03. The number of amides is 1. The first-order chi connectivity index (χ1) is 9.56. The van der Waals surface area contributed by atoms with E-state index >= 15 is 0 Å². The Balaban J connectivity index is 2.23. The van der Waals surface area contributed by atoms with Gasteiger partial charge in [0.1, 0.15) is 0 Å². The van der Waals surface area contributed by atoms with Crippen LogP contribution in [0.2, 0.25) is 0 Å². The summed E-state index contributed by atoms with van der Waals surface area (Å²) in [7, 11) is 0. The van der Waals surface area contributed by atoms with Gasteiger partial charge in [-0.05, 0) is 25.1 Å². The molecule has 3 aromatic rings. The molecule has 2 aromatic heterocycles. The normalized spacial score (nSPS) is 12.8. The zero-order valence-corrected chi connectivity index (χ0v) is 12.8. The van der Waals surface area contributed by atoms with E-state index in [0.717, 1.165) is 32.0 Å². The summed E-state index contributed by atoms with van der Waals surface area (Å²) in [4.78, 5) is 19.0. The zero-order valence-electron chi connectivity index (χ0n) is 11.2. The molecule has 102 valence electrons. The summed E-state index contributed by atoms with van der Waals surface area (Å²) in [6.07, 6.45) is 1.78. The molecule has 0 saturated carbocycles. The van der Waals surface area contributed by atoms with Crippen LogP contribution >= 0.6 is 15.9 Å². The van der Waals surface area contributed by atoms with Gasteiger partial charge < -0.3 is 10.3 Å². The van der Waals surface area contributed by atoms with Crippen LogP contribution in [0.1, 0.15) is 25.6 Å². The molecule has 1 atom stereocenters. The number of carbonyl (C=O) groups excluding carboxylic acids is 1. The van der Waals surface area contributed by atoms with E-state index in [1.807, 2.05) is 25.1 Å². The highest BCUT2D eigenvalue weighted by Crippen LogP contribution is 2.30. The Morgan fingerprint density at radius 3 is 2.90 bits per heavy atom. The van der Waals surface area contributed by atoms with Crippen LogP contribution in [0.25, 0.3) is 21.8 Å². The zero-order chi connectivity index (χ0) is 14.3. The molecule has 3 rings (SSSR count). The lowest BCUT2D eigenvalue weighted by atomic mass is 10.1. The van der Waals surface area contributed by atoms with Crippen molar-refractivity contribution in [2.75, 3.05) is 0 Å². The fraction of sp³-hybridized carbons (Fsp3) is 0.200. The standard InChI is InChI=1S/C15H14BrN3O/c1-8(18-9(2)20)14-15-12(5-6-17-14)11-4-3-10(16)7-13(11)19-15/h3-8,19H,1-2H3,(H,18,20). The summed E-state index contributed by atoms with van der Waals surface area (Å²) in [6, 6.07) is 8.00. The van der Waals surface area contributed by atoms with E-state index in [1.54, 1.807) is 6.20 Å². The van der Waals surface area contributed by atoms with Crippen molar-refractivity contribution < 1.29 is 4.79 Å². The van der Waals surface area contributed by atoms with Crippen LogP contribution in [0.15, 0.2) is 34.9 Å². The minimum Gasteiger partial charge on any atom is -0.353 e. The maximum Gasteiger partial charge on any atom is 0.217 e. The predicted molar refractivity (Wildman–Crippen MR) is 83.5 cm³/mol. The van der Waals surface area contributed by atoms with Crippen LogP contribution < -0.4 is 5.32 Å². The second-order valence-corrected chi connectivity index (χ2v) is 5.77. The summed E-state index contributed by atoms with van der Waals surface area (Å²) in [5, 5.41) is 5.15. The van der Waals surface area contributed by atoms with Crippen molar-refractivity contribution in [3.8, 4) is 0 Å². The average Bonchev–Trinajstić information content (AvgIpc) is 2.74. The first-order valence-electron chi connectivity index (χ1n) is 6.39. The Labute approximate surface area is 124 Å². The highest BCUT2D eigenvalue weighted by Gasteiger charge is 2.15. The molecule has 0 aliphatic rings. The molecule has 1 amide bonds. The number of rotatable bonds is 2. The first-order valence-corrected chi connectivity index (χ1v) is 7.18. The number of carbonyl (C=O) groups is 1. The predicted octanol–water partition coefficient (Wildman–Crippen LogP) is 3.68. The number of hydrogen-bond donors (Lipinski definition) is 2. The molecule has 0 aliphatic heterocycles. The SMILES string of the molecule is CC(=O)NC(C)c1nccc2c1[nH]c1cc(Br)ccc12. The molecule has 0 radical (unpaired) electrons. The van der Waals surface area contributed by atoms with Crippen LogP contribution in [-0.2, 0) is 4.79 Å². The van der Waals surface area contributed by atoms with E-state index in [1.165, 1.54) is 6.92 Å². The monoisotopic (exact) mass is 331 g/mol. The lowest BCUT2D eigenvalue weighted by molar-refractivity contribution is -0.119. The van der Waals surface area contributed by atoms with Crippen molar-refractivity contribution in [2.24, 2.45) is 0 Å². The number of fused-ring (bicyclic) bond motifs is 3. The number of halogens is 1. The van der Waals surface area contributed by atoms with Gasteiger partial charge >= 0.3 is 0 Å². The third kappa shape index (κ3) is 2.18. The highest BCUT2D eigenvalue weighted by molar-refractivity contribution is 9.10. The molecule has 0 bridgehead atoms. The number of benzene rings is 1. The van der Waals surface area contributed by atoms with Gasteiger partial charge in [-0.3, -0.25) is 9.78 Å². The third-order valence-corrected chi connectivity index (χ3v) is 3.83. The van der Waals surface area contributed by atoms with Gasteiger partial charge in [-0.1, -0.05) is 22.0 Å². The Hall–Kier alpha value is -1.88. The van der Waals surface area contributed by atoms with Crippen LogP contribution in [0.4, 0.5) is 0 Å². The van der Waals surface area contributed by atoms with Gasteiger partial charge in [-0.2, -0.15) is 0 Å². The molecule has 1 unspecified atom stereocenters. The minimum absolute atomic E-state index is 0.0600. The van der Waals surface area contributed by atoms with Crippen LogP contribution in [0.3, 0.4) is 0 Å². The summed E-state index contributed by atoms with van der Waals surface area (Å²) in [6.45, 7) is 3.45. The van der Waals surface area contributed by atoms with Gasteiger partial charge in [-0.25, -0.2) is 0 Å². The van der Waals surface area contributed by atoms with E-state index in [0.29, 0.717) is 0 Å². The van der Waals surface area contributed by atoms with Gasteiger partial charge in [0.15, 0.2) is 0 Å². The number of hydrogen-bond acceptors (Lipinski definition) is 2. The van der Waals surface area contributed by atoms with Crippen molar-refractivity contribution in [1.82, 2.24) is 15.3 Å². The van der Waals surface area contributed by atoms with E-state index in [9.17, 15) is 4.79 Å². The summed E-state index contributed by atoms with van der Waals surface area (Å²) in [5.74, 6) is -0.0600. The van der Waals surface area contributed by atoms with Crippen LogP contribution in [-0.4, -0.2) is 15.9 Å². The van der Waals surface area contributed by atoms with Crippen molar-refractivity contribution >= 4 is 43.6 Å². The van der Waals surface area contributed by atoms with Crippen molar-refractivity contribution in [3.63, 3.8) is 0 Å². The number of nitrogens with one attached hydrogen (secondary N) is 2. The molecule has 0 fully saturated rings. The number of H-pyrrole nitrogens is 1. The summed E-state index contributed by atoms with van der Waals surface area (Å²) >= 11 is 3.48. The lowest BCUT2D eigenvalue weighted by Crippen LogP contribution is -2.24. The van der Waals surface area contributed by atoms with Gasteiger partial charge in [0, 0.05) is 33.9 Å². The molecular weight excluding hydrogens is 318 g/mol.